The molecular formula is C18H28N2O3S. The van der Waals surface area contributed by atoms with Gasteiger partial charge < -0.3 is 5.32 Å². The van der Waals surface area contributed by atoms with E-state index >= 15 is 0 Å². The van der Waals surface area contributed by atoms with Crippen LogP contribution >= 0.6 is 0 Å². The molecule has 1 atom stereocenters. The molecule has 24 heavy (non-hydrogen) atoms. The van der Waals surface area contributed by atoms with E-state index in [1.807, 2.05) is 12.1 Å². The first-order valence-corrected chi connectivity index (χ1v) is 10.4. The first kappa shape index (κ1) is 18.9. The number of carbonyl (C=O) groups excluding carboxylic acids is 1. The number of nitrogens with one attached hydrogen (secondary N) is 1. The lowest BCUT2D eigenvalue weighted by Crippen LogP contribution is -2.42. The number of amides is 1. The number of rotatable bonds is 6. The summed E-state index contributed by atoms with van der Waals surface area (Å²) in [6, 6.07) is 7.99. The lowest BCUT2D eigenvalue weighted by Gasteiger charge is -2.30. The van der Waals surface area contributed by atoms with Gasteiger partial charge in [0.05, 0.1) is 5.75 Å². The molecule has 1 aliphatic heterocycles. The lowest BCUT2D eigenvalue weighted by atomic mass is 9.96. The van der Waals surface area contributed by atoms with Crippen LogP contribution in [0.15, 0.2) is 24.3 Å². The van der Waals surface area contributed by atoms with Crippen LogP contribution in [0.3, 0.4) is 0 Å². The third kappa shape index (κ3) is 4.57. The summed E-state index contributed by atoms with van der Waals surface area (Å²) in [5, 5.41) is 2.96. The van der Waals surface area contributed by atoms with Crippen molar-refractivity contribution >= 4 is 21.6 Å². The number of piperidine rings is 1. The molecule has 2 rings (SSSR count). The Morgan fingerprint density at radius 3 is 2.29 bits per heavy atom. The van der Waals surface area contributed by atoms with Crippen molar-refractivity contribution in [3.05, 3.63) is 29.8 Å². The zero-order valence-corrected chi connectivity index (χ0v) is 15.6. The average molecular weight is 353 g/mol. The van der Waals surface area contributed by atoms with Crippen LogP contribution in [0.2, 0.25) is 0 Å². The SMILES string of the molecule is CCC(C)c1ccc(NC(=O)C2CCN(S(=O)(=O)CC)CC2)cc1. The minimum absolute atomic E-state index is 0.0140. The quantitative estimate of drug-likeness (QED) is 0.855. The Bertz CT molecular complexity index is 647. The van der Waals surface area contributed by atoms with E-state index in [-0.39, 0.29) is 17.6 Å². The summed E-state index contributed by atoms with van der Waals surface area (Å²) < 4.78 is 25.2. The number of benzene rings is 1. The average Bonchev–Trinajstić information content (AvgIpc) is 2.61. The van der Waals surface area contributed by atoms with Crippen molar-refractivity contribution in [1.82, 2.24) is 4.31 Å². The molecule has 1 aromatic rings. The molecule has 0 spiro atoms. The molecule has 0 radical (unpaired) electrons. The molecule has 1 unspecified atom stereocenters. The molecule has 1 N–H and O–H groups in total. The minimum Gasteiger partial charge on any atom is -0.326 e. The van der Waals surface area contributed by atoms with Gasteiger partial charge in [-0.2, -0.15) is 0 Å². The smallest absolute Gasteiger partial charge is 0.227 e. The van der Waals surface area contributed by atoms with Crippen LogP contribution < -0.4 is 5.32 Å². The Kier molecular flexibility index (Phi) is 6.40. The van der Waals surface area contributed by atoms with Gasteiger partial charge in [-0.05, 0) is 49.8 Å². The highest BCUT2D eigenvalue weighted by Crippen LogP contribution is 2.23. The molecule has 1 heterocycles. The molecule has 1 aromatic carbocycles. The first-order valence-electron chi connectivity index (χ1n) is 8.76. The second-order valence-corrected chi connectivity index (χ2v) is 8.75. The van der Waals surface area contributed by atoms with Crippen LogP contribution in [0, 0.1) is 5.92 Å². The van der Waals surface area contributed by atoms with E-state index in [0.29, 0.717) is 31.8 Å². The third-order valence-electron chi connectivity index (χ3n) is 4.94. The monoisotopic (exact) mass is 352 g/mol. The van der Waals surface area contributed by atoms with Crippen molar-refractivity contribution in [2.45, 2.75) is 46.0 Å². The van der Waals surface area contributed by atoms with Gasteiger partial charge in [0.15, 0.2) is 0 Å². The summed E-state index contributed by atoms with van der Waals surface area (Å²) in [5.74, 6) is 0.494. The minimum atomic E-state index is -3.14. The molecule has 5 nitrogen and oxygen atoms in total. The van der Waals surface area contributed by atoms with Crippen molar-refractivity contribution in [2.24, 2.45) is 5.92 Å². The van der Waals surface area contributed by atoms with Crippen molar-refractivity contribution < 1.29 is 13.2 Å². The molecular weight excluding hydrogens is 324 g/mol. The van der Waals surface area contributed by atoms with Gasteiger partial charge in [-0.1, -0.05) is 26.0 Å². The van der Waals surface area contributed by atoms with Crippen LogP contribution in [0.4, 0.5) is 5.69 Å². The van der Waals surface area contributed by atoms with Crippen molar-refractivity contribution in [3.8, 4) is 0 Å². The molecule has 0 aliphatic carbocycles. The van der Waals surface area contributed by atoms with Crippen LogP contribution in [-0.2, 0) is 14.8 Å². The standard InChI is InChI=1S/C18H28N2O3S/c1-4-14(3)15-6-8-17(9-7-15)19-18(21)16-10-12-20(13-11-16)24(22,23)5-2/h6-9,14,16H,4-5,10-13H2,1-3H3,(H,19,21). The highest BCUT2D eigenvalue weighted by Gasteiger charge is 2.30. The number of nitrogens with zero attached hydrogens (tertiary/aromatic N) is 1. The van der Waals surface area contributed by atoms with Gasteiger partial charge in [-0.3, -0.25) is 4.79 Å². The van der Waals surface area contributed by atoms with Crippen LogP contribution in [-0.4, -0.2) is 37.5 Å². The number of anilines is 1. The van der Waals surface area contributed by atoms with E-state index in [4.69, 9.17) is 0 Å². The number of sulfonamides is 1. The predicted molar refractivity (Wildman–Crippen MR) is 97.5 cm³/mol. The molecule has 0 bridgehead atoms. The maximum atomic E-state index is 12.4. The maximum absolute atomic E-state index is 12.4. The van der Waals surface area contributed by atoms with Crippen molar-refractivity contribution in [1.29, 1.82) is 0 Å². The zero-order valence-electron chi connectivity index (χ0n) is 14.8. The topological polar surface area (TPSA) is 66.5 Å². The molecule has 1 amide bonds. The van der Waals surface area contributed by atoms with E-state index in [1.54, 1.807) is 6.92 Å². The summed E-state index contributed by atoms with van der Waals surface area (Å²) in [7, 11) is -3.14. The fourth-order valence-corrected chi connectivity index (χ4v) is 4.09. The van der Waals surface area contributed by atoms with Crippen LogP contribution in [0.1, 0.15) is 51.5 Å². The Morgan fingerprint density at radius 2 is 1.79 bits per heavy atom. The van der Waals surface area contributed by atoms with E-state index in [9.17, 15) is 13.2 Å². The van der Waals surface area contributed by atoms with Crippen molar-refractivity contribution in [2.75, 3.05) is 24.2 Å². The van der Waals surface area contributed by atoms with Crippen LogP contribution in [0.5, 0.6) is 0 Å². The van der Waals surface area contributed by atoms with Gasteiger partial charge in [0.25, 0.3) is 0 Å². The lowest BCUT2D eigenvalue weighted by molar-refractivity contribution is -0.120. The van der Waals surface area contributed by atoms with Crippen LogP contribution in [0.25, 0.3) is 0 Å². The summed E-state index contributed by atoms with van der Waals surface area (Å²) in [5.41, 5.74) is 2.07. The molecule has 1 fully saturated rings. The second-order valence-electron chi connectivity index (χ2n) is 6.49. The summed E-state index contributed by atoms with van der Waals surface area (Å²) >= 11 is 0. The molecule has 1 aliphatic rings. The van der Waals surface area contributed by atoms with Gasteiger partial charge in [0.1, 0.15) is 0 Å². The number of carbonyl (C=O) groups is 1. The van der Waals surface area contributed by atoms with E-state index in [0.717, 1.165) is 12.1 Å². The van der Waals surface area contributed by atoms with Gasteiger partial charge in [-0.15, -0.1) is 0 Å². The van der Waals surface area contributed by atoms with E-state index in [2.05, 4.69) is 31.3 Å². The summed E-state index contributed by atoms with van der Waals surface area (Å²) in [6.07, 6.45) is 2.25. The highest BCUT2D eigenvalue weighted by molar-refractivity contribution is 7.89. The largest absolute Gasteiger partial charge is 0.326 e. The summed E-state index contributed by atoms with van der Waals surface area (Å²) in [4.78, 5) is 12.4. The molecule has 134 valence electrons. The van der Waals surface area contributed by atoms with Gasteiger partial charge in [0.2, 0.25) is 15.9 Å². The molecule has 1 saturated heterocycles. The molecule has 0 aromatic heterocycles. The first-order chi connectivity index (χ1) is 11.4. The van der Waals surface area contributed by atoms with E-state index < -0.39 is 10.0 Å². The normalized spacial score (nSPS) is 18.3. The Balaban J connectivity index is 1.90. The van der Waals surface area contributed by atoms with Gasteiger partial charge in [-0.25, -0.2) is 12.7 Å². The second kappa shape index (κ2) is 8.12. The molecule has 0 saturated carbocycles. The fraction of sp³-hybridized carbons (Fsp3) is 0.611. The van der Waals surface area contributed by atoms with Gasteiger partial charge >= 0.3 is 0 Å². The Morgan fingerprint density at radius 1 is 1.21 bits per heavy atom. The predicted octanol–water partition coefficient (Wildman–Crippen LogP) is 3.20. The Hall–Kier alpha value is -1.40. The third-order valence-corrected chi connectivity index (χ3v) is 6.82. The van der Waals surface area contributed by atoms with Gasteiger partial charge in [0, 0.05) is 24.7 Å². The number of hydrogen-bond donors (Lipinski definition) is 1. The highest BCUT2D eigenvalue weighted by atomic mass is 32.2. The fourth-order valence-electron chi connectivity index (χ4n) is 2.95. The van der Waals surface area contributed by atoms with Crippen molar-refractivity contribution in [3.63, 3.8) is 0 Å². The maximum Gasteiger partial charge on any atom is 0.227 e. The Labute approximate surface area is 145 Å². The summed E-state index contributed by atoms with van der Waals surface area (Å²) in [6.45, 7) is 6.86. The number of hydrogen-bond acceptors (Lipinski definition) is 3. The van der Waals surface area contributed by atoms with E-state index in [1.165, 1.54) is 9.87 Å². The zero-order chi connectivity index (χ0) is 17.7. The molecule has 6 heteroatoms.